The van der Waals surface area contributed by atoms with Crippen molar-refractivity contribution in [2.75, 3.05) is 4.90 Å². The van der Waals surface area contributed by atoms with Gasteiger partial charge in [0.25, 0.3) is 0 Å². The van der Waals surface area contributed by atoms with Crippen molar-refractivity contribution < 1.29 is 0 Å². The van der Waals surface area contributed by atoms with Crippen LogP contribution in [-0.2, 0) is 0 Å². The molecule has 2 aliphatic carbocycles. The molecule has 37 heavy (non-hydrogen) atoms. The molecule has 0 saturated carbocycles. The maximum atomic E-state index is 5.14. The number of hydrogen-bond donors (Lipinski definition) is 0. The van der Waals surface area contributed by atoms with Crippen molar-refractivity contribution in [3.05, 3.63) is 137 Å². The van der Waals surface area contributed by atoms with E-state index in [0.717, 1.165) is 56.1 Å². The van der Waals surface area contributed by atoms with E-state index in [4.69, 9.17) is 9.98 Å². The van der Waals surface area contributed by atoms with Crippen molar-refractivity contribution in [3.8, 4) is 11.4 Å². The van der Waals surface area contributed by atoms with Gasteiger partial charge in [-0.1, -0.05) is 88.4 Å². The molecule has 0 radical (unpaired) electrons. The average molecular weight is 543 g/mol. The zero-order valence-corrected chi connectivity index (χ0v) is 21.6. The highest BCUT2D eigenvalue weighted by Crippen LogP contribution is 2.36. The monoisotopic (exact) mass is 542 g/mol. The van der Waals surface area contributed by atoms with Crippen molar-refractivity contribution in [1.82, 2.24) is 9.55 Å². The number of benzene rings is 3. The number of amidine groups is 1. The number of rotatable bonds is 4. The largest absolute Gasteiger partial charge is 0.317 e. The van der Waals surface area contributed by atoms with Crippen LogP contribution < -0.4 is 4.90 Å². The topological polar surface area (TPSA) is 33.4 Å². The molecule has 7 rings (SSSR count). The maximum absolute atomic E-state index is 5.14. The summed E-state index contributed by atoms with van der Waals surface area (Å²) in [5.74, 6) is 1.86. The molecule has 0 spiro atoms. The van der Waals surface area contributed by atoms with E-state index >= 15 is 0 Å². The minimum Gasteiger partial charge on any atom is -0.317 e. The second-order valence-electron chi connectivity index (χ2n) is 9.29. The summed E-state index contributed by atoms with van der Waals surface area (Å²) >= 11 is 3.80. The summed E-state index contributed by atoms with van der Waals surface area (Å²) < 4.78 is 3.35. The van der Waals surface area contributed by atoms with Crippen LogP contribution in [0.5, 0.6) is 0 Å². The lowest BCUT2D eigenvalue weighted by atomic mass is 10.1. The van der Waals surface area contributed by atoms with Crippen molar-refractivity contribution in [2.24, 2.45) is 4.99 Å². The number of fused-ring (bicyclic) bond motifs is 2. The van der Waals surface area contributed by atoms with E-state index in [9.17, 15) is 0 Å². The summed E-state index contributed by atoms with van der Waals surface area (Å²) in [4.78, 5) is 12.5. The third-order valence-electron chi connectivity index (χ3n) is 6.93. The van der Waals surface area contributed by atoms with Crippen LogP contribution >= 0.6 is 15.9 Å². The van der Waals surface area contributed by atoms with Gasteiger partial charge < -0.3 is 4.57 Å². The van der Waals surface area contributed by atoms with Gasteiger partial charge in [-0.05, 0) is 55.0 Å². The zero-order valence-electron chi connectivity index (χ0n) is 20.0. The lowest BCUT2D eigenvalue weighted by Crippen LogP contribution is -2.27. The number of anilines is 1. The molecule has 2 atom stereocenters. The van der Waals surface area contributed by atoms with Gasteiger partial charge in [0, 0.05) is 21.3 Å². The predicted octanol–water partition coefficient (Wildman–Crippen LogP) is 7.77. The van der Waals surface area contributed by atoms with Gasteiger partial charge in [0.15, 0.2) is 0 Å². The number of nitrogens with zero attached hydrogens (tertiary/aromatic N) is 4. The van der Waals surface area contributed by atoms with Gasteiger partial charge in [-0.3, -0.25) is 9.89 Å². The first kappa shape index (κ1) is 22.1. The molecule has 0 bridgehead atoms. The second-order valence-corrected chi connectivity index (χ2v) is 10.2. The Balaban J connectivity index is 1.40. The van der Waals surface area contributed by atoms with Gasteiger partial charge in [0.2, 0.25) is 0 Å². The predicted molar refractivity (Wildman–Crippen MR) is 155 cm³/mol. The third kappa shape index (κ3) is 3.84. The van der Waals surface area contributed by atoms with E-state index in [1.807, 2.05) is 24.3 Å². The van der Waals surface area contributed by atoms with Crippen LogP contribution in [0.3, 0.4) is 0 Å². The highest BCUT2D eigenvalue weighted by Gasteiger charge is 2.32. The maximum Gasteiger partial charge on any atom is 0.141 e. The molecule has 2 heterocycles. The Morgan fingerprint density at radius 2 is 1.70 bits per heavy atom. The van der Waals surface area contributed by atoms with Crippen LogP contribution in [0.4, 0.5) is 5.69 Å². The van der Waals surface area contributed by atoms with Gasteiger partial charge in [-0.2, -0.15) is 0 Å². The fourth-order valence-corrected chi connectivity index (χ4v) is 5.80. The van der Waals surface area contributed by atoms with E-state index in [0.29, 0.717) is 0 Å². The van der Waals surface area contributed by atoms with Gasteiger partial charge in [0.05, 0.1) is 22.8 Å². The van der Waals surface area contributed by atoms with Crippen molar-refractivity contribution in [1.29, 1.82) is 0 Å². The minimum absolute atomic E-state index is 0.0497. The van der Waals surface area contributed by atoms with Crippen LogP contribution in [0.25, 0.3) is 22.4 Å². The molecule has 4 aromatic rings. The van der Waals surface area contributed by atoms with Crippen molar-refractivity contribution >= 4 is 38.5 Å². The SMILES string of the molecule is Brc1cc(C2=NC3C=CC=C=C3N2c2ccccc2)cc(-c2nc3ccccc3n2C2C=CC=CC2)c1. The number of halogens is 1. The molecule has 2 unspecified atom stereocenters. The summed E-state index contributed by atoms with van der Waals surface area (Å²) in [7, 11) is 0. The van der Waals surface area contributed by atoms with Crippen molar-refractivity contribution in [2.45, 2.75) is 18.5 Å². The summed E-state index contributed by atoms with van der Waals surface area (Å²) in [6, 6.07) is 25.4. The fourth-order valence-electron chi connectivity index (χ4n) is 5.31. The molecular formula is C32H23BrN4. The van der Waals surface area contributed by atoms with Crippen molar-refractivity contribution in [3.63, 3.8) is 0 Å². The van der Waals surface area contributed by atoms with Gasteiger partial charge in [-0.15, -0.1) is 0 Å². The Morgan fingerprint density at radius 3 is 2.57 bits per heavy atom. The lowest BCUT2D eigenvalue weighted by molar-refractivity contribution is 0.630. The minimum atomic E-state index is -0.0497. The molecule has 1 aromatic heterocycles. The Morgan fingerprint density at radius 1 is 0.865 bits per heavy atom. The second kappa shape index (κ2) is 9.04. The number of allylic oxidation sites excluding steroid dienone is 5. The molecule has 4 nitrogen and oxygen atoms in total. The molecule has 1 aliphatic heterocycles. The molecule has 0 saturated heterocycles. The number of hydrogen-bond acceptors (Lipinski definition) is 3. The standard InChI is InChI=1S/C32H23BrN4/c33-24-20-22(31-34-27-15-7-9-17-29(27)36(31)25-11-3-1-4-12-25)19-23(21-24)32-35-28-16-8-10-18-30(28)37(32)26-13-5-2-6-14-26/h1-13,15-16,18-21,26-27H,14H2. The Kier molecular flexibility index (Phi) is 5.39. The lowest BCUT2D eigenvalue weighted by Gasteiger charge is -2.23. The first-order valence-corrected chi connectivity index (χ1v) is 13.2. The summed E-state index contributed by atoms with van der Waals surface area (Å²) in [5, 5.41) is 0. The highest BCUT2D eigenvalue weighted by molar-refractivity contribution is 9.10. The van der Waals surface area contributed by atoms with E-state index in [2.05, 4.69) is 122 Å². The molecule has 5 heteroatoms. The first-order valence-electron chi connectivity index (χ1n) is 12.4. The fraction of sp³-hybridized carbons (Fsp3) is 0.0938. The first-order chi connectivity index (χ1) is 18.3. The smallest absolute Gasteiger partial charge is 0.141 e. The Labute approximate surface area is 224 Å². The summed E-state index contributed by atoms with van der Waals surface area (Å²) in [6.07, 6.45) is 15.7. The molecular weight excluding hydrogens is 520 g/mol. The molecule has 3 aliphatic rings. The van der Waals surface area contributed by atoms with E-state index in [1.165, 1.54) is 0 Å². The normalized spacial score (nSPS) is 19.9. The Bertz CT molecular complexity index is 1710. The van der Waals surface area contributed by atoms with Crippen LogP contribution in [-0.4, -0.2) is 21.4 Å². The number of aliphatic imine (C=N–C) groups is 1. The molecule has 0 fully saturated rings. The number of para-hydroxylation sites is 3. The molecule has 0 N–H and O–H groups in total. The summed E-state index contributed by atoms with van der Waals surface area (Å²) in [5.41, 5.74) is 9.76. The summed E-state index contributed by atoms with van der Waals surface area (Å²) in [6.45, 7) is 0. The zero-order chi connectivity index (χ0) is 24.8. The third-order valence-corrected chi connectivity index (χ3v) is 7.39. The van der Waals surface area contributed by atoms with E-state index in [-0.39, 0.29) is 12.1 Å². The Hall–Kier alpha value is -4.18. The quantitative estimate of drug-likeness (QED) is 0.247. The number of imidazole rings is 1. The molecule has 3 aromatic carbocycles. The van der Waals surface area contributed by atoms with E-state index < -0.39 is 0 Å². The molecule has 178 valence electrons. The van der Waals surface area contributed by atoms with Crippen LogP contribution in [0.15, 0.2) is 136 Å². The molecule has 0 amide bonds. The van der Waals surface area contributed by atoms with Gasteiger partial charge >= 0.3 is 0 Å². The van der Waals surface area contributed by atoms with E-state index in [1.54, 1.807) is 0 Å². The van der Waals surface area contributed by atoms with Crippen LogP contribution in [0.2, 0.25) is 0 Å². The number of aromatic nitrogens is 2. The van der Waals surface area contributed by atoms with Crippen LogP contribution in [0, 0.1) is 0 Å². The highest BCUT2D eigenvalue weighted by atomic mass is 79.9. The van der Waals surface area contributed by atoms with Gasteiger partial charge in [0.1, 0.15) is 17.7 Å². The van der Waals surface area contributed by atoms with Gasteiger partial charge in [-0.25, -0.2) is 4.98 Å². The average Bonchev–Trinajstić information content (AvgIpc) is 3.53. The van der Waals surface area contributed by atoms with Crippen LogP contribution in [0.1, 0.15) is 18.0 Å².